The van der Waals surface area contributed by atoms with E-state index in [1.807, 2.05) is 19.9 Å². The molecule has 0 amide bonds. The Labute approximate surface area is 140 Å². The molecule has 6 atom stereocenters. The summed E-state index contributed by atoms with van der Waals surface area (Å²) < 4.78 is 6.38. The maximum absolute atomic E-state index is 13.0. The number of allylic oxidation sites excluding steroid dienone is 1. The molecule has 23 heavy (non-hydrogen) atoms. The van der Waals surface area contributed by atoms with Crippen molar-refractivity contribution in [1.82, 2.24) is 0 Å². The Kier molecular flexibility index (Phi) is 3.85. The van der Waals surface area contributed by atoms with Crippen molar-refractivity contribution in [3.8, 4) is 0 Å². The molecule has 1 aliphatic heterocycles. The minimum absolute atomic E-state index is 0.110. The first kappa shape index (κ1) is 17.2. The first-order valence-electron chi connectivity index (χ1n) is 9.10. The van der Waals surface area contributed by atoms with Gasteiger partial charge in [0.2, 0.25) is 0 Å². The van der Waals surface area contributed by atoms with Gasteiger partial charge in [-0.2, -0.15) is 0 Å². The maximum Gasteiger partial charge on any atom is 0.139 e. The highest BCUT2D eigenvalue weighted by atomic mass is 16.5. The van der Waals surface area contributed by atoms with Crippen molar-refractivity contribution in [3.05, 3.63) is 11.6 Å². The van der Waals surface area contributed by atoms with Gasteiger partial charge in [0, 0.05) is 17.8 Å². The van der Waals surface area contributed by atoms with Crippen LogP contribution in [0.5, 0.6) is 0 Å². The van der Waals surface area contributed by atoms with Gasteiger partial charge in [-0.25, -0.2) is 0 Å². The lowest BCUT2D eigenvalue weighted by Crippen LogP contribution is -2.62. The quantitative estimate of drug-likeness (QED) is 0.746. The first-order chi connectivity index (χ1) is 10.6. The molecule has 0 aromatic heterocycles. The molecule has 130 valence electrons. The van der Waals surface area contributed by atoms with Gasteiger partial charge in [0.1, 0.15) is 11.9 Å². The lowest BCUT2D eigenvalue weighted by molar-refractivity contribution is -0.176. The summed E-state index contributed by atoms with van der Waals surface area (Å²) in [5.41, 5.74) is 0.340. The van der Waals surface area contributed by atoms with Crippen LogP contribution in [0.2, 0.25) is 0 Å². The van der Waals surface area contributed by atoms with Gasteiger partial charge >= 0.3 is 0 Å². The van der Waals surface area contributed by atoms with Crippen LogP contribution < -0.4 is 0 Å². The maximum atomic E-state index is 13.0. The number of hydrogen-bond acceptors (Lipinski definition) is 3. The van der Waals surface area contributed by atoms with Crippen LogP contribution >= 0.6 is 0 Å². The summed E-state index contributed by atoms with van der Waals surface area (Å²) in [5, 5.41) is 11.1. The topological polar surface area (TPSA) is 46.5 Å². The second-order valence-corrected chi connectivity index (χ2v) is 9.14. The van der Waals surface area contributed by atoms with E-state index in [0.29, 0.717) is 18.1 Å². The molecular formula is C20H32O3. The van der Waals surface area contributed by atoms with E-state index in [1.54, 1.807) is 0 Å². The summed E-state index contributed by atoms with van der Waals surface area (Å²) in [6.07, 6.45) is 4.68. The Morgan fingerprint density at radius 3 is 2.52 bits per heavy atom. The number of rotatable bonds is 1. The van der Waals surface area contributed by atoms with E-state index < -0.39 is 17.1 Å². The van der Waals surface area contributed by atoms with Crippen molar-refractivity contribution in [2.45, 2.75) is 85.0 Å². The van der Waals surface area contributed by atoms with E-state index in [1.165, 1.54) is 0 Å². The number of ether oxygens (including phenoxy) is 1. The molecule has 1 heterocycles. The van der Waals surface area contributed by atoms with Gasteiger partial charge < -0.3 is 9.84 Å². The van der Waals surface area contributed by atoms with E-state index >= 15 is 0 Å². The van der Waals surface area contributed by atoms with Crippen LogP contribution in [0.25, 0.3) is 0 Å². The van der Waals surface area contributed by atoms with Gasteiger partial charge in [0.15, 0.2) is 0 Å². The molecule has 0 spiro atoms. The first-order valence-corrected chi connectivity index (χ1v) is 9.10. The minimum atomic E-state index is -0.596. The van der Waals surface area contributed by atoms with Crippen LogP contribution in [-0.4, -0.2) is 28.7 Å². The van der Waals surface area contributed by atoms with Crippen molar-refractivity contribution in [1.29, 1.82) is 0 Å². The number of Topliss-reactive ketones (excluding diaryl/α,β-unsaturated/α-hetero) is 1. The fraction of sp³-hybridized carbons (Fsp3) is 0.850. The number of fused-ring (bicyclic) bond motifs is 3. The molecule has 1 N–H and O–H groups in total. The standard InChI is InChI=1S/C20H32O3/c1-7-12(2)16-15(22)17-19(5,23-16)11-8-13-18(3,4)10-9-14(21)20(13,17)6/h7,13,15-17,22H,8-11H2,1-6H3. The molecule has 3 fully saturated rings. The summed E-state index contributed by atoms with van der Waals surface area (Å²) in [6.45, 7) is 12.8. The molecule has 0 bridgehead atoms. The van der Waals surface area contributed by atoms with E-state index in [4.69, 9.17) is 4.74 Å². The highest BCUT2D eigenvalue weighted by Gasteiger charge is 2.68. The van der Waals surface area contributed by atoms with Crippen molar-refractivity contribution in [2.75, 3.05) is 0 Å². The monoisotopic (exact) mass is 320 g/mol. The number of carbonyl (C=O) groups is 1. The normalized spacial score (nSPS) is 49.7. The lowest BCUT2D eigenvalue weighted by atomic mass is 9.44. The third-order valence-electron chi connectivity index (χ3n) is 7.45. The van der Waals surface area contributed by atoms with Crippen LogP contribution in [-0.2, 0) is 9.53 Å². The molecule has 0 radical (unpaired) electrons. The Balaban J connectivity index is 2.08. The van der Waals surface area contributed by atoms with Crippen molar-refractivity contribution >= 4 is 5.78 Å². The van der Waals surface area contributed by atoms with Crippen LogP contribution in [0.1, 0.15) is 67.2 Å². The zero-order chi connectivity index (χ0) is 17.2. The highest BCUT2D eigenvalue weighted by Crippen LogP contribution is 2.64. The van der Waals surface area contributed by atoms with E-state index in [2.05, 4.69) is 27.7 Å². The SMILES string of the molecule is CC=C(C)C1OC2(C)CCC3C(C)(C)CCC(=O)C3(C)C2C1O. The predicted octanol–water partition coefficient (Wildman–Crippen LogP) is 3.89. The van der Waals surface area contributed by atoms with Gasteiger partial charge in [0.05, 0.1) is 11.7 Å². The van der Waals surface area contributed by atoms with E-state index in [9.17, 15) is 9.90 Å². The number of carbonyl (C=O) groups excluding carboxylic acids is 1. The molecule has 0 aromatic rings. The fourth-order valence-electron chi connectivity index (χ4n) is 6.10. The van der Waals surface area contributed by atoms with Crippen molar-refractivity contribution in [2.24, 2.45) is 22.7 Å². The van der Waals surface area contributed by atoms with Crippen LogP contribution in [0.4, 0.5) is 0 Å². The van der Waals surface area contributed by atoms with Gasteiger partial charge in [-0.15, -0.1) is 0 Å². The summed E-state index contributed by atoms with van der Waals surface area (Å²) in [5.74, 6) is 0.553. The molecule has 2 aliphatic carbocycles. The molecular weight excluding hydrogens is 288 g/mol. The lowest BCUT2D eigenvalue weighted by Gasteiger charge is -2.59. The Morgan fingerprint density at radius 2 is 1.91 bits per heavy atom. The average Bonchev–Trinajstić information content (AvgIpc) is 2.75. The predicted molar refractivity (Wildman–Crippen MR) is 91.1 cm³/mol. The molecule has 0 aromatic carbocycles. The largest absolute Gasteiger partial charge is 0.390 e. The number of ketones is 1. The summed E-state index contributed by atoms with van der Waals surface area (Å²) in [4.78, 5) is 13.0. The zero-order valence-corrected chi connectivity index (χ0v) is 15.5. The van der Waals surface area contributed by atoms with Gasteiger partial charge in [-0.05, 0) is 56.9 Å². The van der Waals surface area contributed by atoms with Crippen molar-refractivity contribution < 1.29 is 14.6 Å². The molecule has 3 aliphatic rings. The number of aliphatic hydroxyl groups excluding tert-OH is 1. The molecule has 3 nitrogen and oxygen atoms in total. The Hall–Kier alpha value is -0.670. The number of aliphatic hydroxyl groups is 1. The minimum Gasteiger partial charge on any atom is -0.390 e. The Morgan fingerprint density at radius 1 is 1.26 bits per heavy atom. The zero-order valence-electron chi connectivity index (χ0n) is 15.5. The van der Waals surface area contributed by atoms with Gasteiger partial charge in [-0.1, -0.05) is 26.8 Å². The van der Waals surface area contributed by atoms with Crippen molar-refractivity contribution in [3.63, 3.8) is 0 Å². The third-order valence-corrected chi connectivity index (χ3v) is 7.45. The molecule has 6 unspecified atom stereocenters. The van der Waals surface area contributed by atoms with Crippen LogP contribution in [0, 0.1) is 22.7 Å². The fourth-order valence-corrected chi connectivity index (χ4v) is 6.10. The molecule has 3 rings (SSSR count). The Bertz CT molecular complexity index is 549. The third kappa shape index (κ3) is 2.19. The van der Waals surface area contributed by atoms with E-state index in [-0.39, 0.29) is 17.4 Å². The smallest absolute Gasteiger partial charge is 0.139 e. The summed E-state index contributed by atoms with van der Waals surface area (Å²) in [6, 6.07) is 0. The van der Waals surface area contributed by atoms with E-state index in [0.717, 1.165) is 24.8 Å². The summed E-state index contributed by atoms with van der Waals surface area (Å²) >= 11 is 0. The van der Waals surface area contributed by atoms with Gasteiger partial charge in [0.25, 0.3) is 0 Å². The molecule has 2 saturated carbocycles. The molecule has 3 heteroatoms. The molecule has 1 saturated heterocycles. The second kappa shape index (κ2) is 5.16. The number of hydrogen-bond donors (Lipinski definition) is 1. The van der Waals surface area contributed by atoms with Crippen LogP contribution in [0.3, 0.4) is 0 Å². The van der Waals surface area contributed by atoms with Crippen LogP contribution in [0.15, 0.2) is 11.6 Å². The average molecular weight is 320 g/mol. The highest BCUT2D eigenvalue weighted by molar-refractivity contribution is 5.86. The second-order valence-electron chi connectivity index (χ2n) is 9.14. The summed E-state index contributed by atoms with van der Waals surface area (Å²) in [7, 11) is 0. The van der Waals surface area contributed by atoms with Gasteiger partial charge in [-0.3, -0.25) is 4.79 Å².